The van der Waals surface area contributed by atoms with Gasteiger partial charge >= 0.3 is 0 Å². The molecule has 0 N–H and O–H groups in total. The van der Waals surface area contributed by atoms with E-state index in [1.165, 1.54) is 107 Å². The molecule has 3 aromatic heterocycles. The van der Waals surface area contributed by atoms with Crippen LogP contribution in [0, 0.1) is 0 Å². The lowest BCUT2D eigenvalue weighted by Gasteiger charge is -2.18. The van der Waals surface area contributed by atoms with Crippen LogP contribution >= 0.6 is 22.7 Å². The van der Waals surface area contributed by atoms with E-state index in [1.807, 2.05) is 22.7 Å². The Morgan fingerprint density at radius 2 is 0.982 bits per heavy atom. The molecular formula is C54H30OS2. The molecule has 13 rings (SSSR count). The van der Waals surface area contributed by atoms with Gasteiger partial charge in [0.25, 0.3) is 0 Å². The summed E-state index contributed by atoms with van der Waals surface area (Å²) < 4.78 is 10.9. The van der Waals surface area contributed by atoms with Crippen molar-refractivity contribution in [3.8, 4) is 33.4 Å². The second kappa shape index (κ2) is 11.9. The predicted octanol–water partition coefficient (Wildman–Crippen LogP) is 16.8. The van der Waals surface area contributed by atoms with Gasteiger partial charge in [0.05, 0.1) is 9.40 Å². The fraction of sp³-hybridized carbons (Fsp3) is 0. The van der Waals surface area contributed by atoms with Crippen LogP contribution in [0.2, 0.25) is 0 Å². The smallest absolute Gasteiger partial charge is 0.143 e. The van der Waals surface area contributed by atoms with Crippen molar-refractivity contribution in [3.63, 3.8) is 0 Å². The van der Waals surface area contributed by atoms with E-state index in [0.29, 0.717) is 0 Å². The molecule has 0 bridgehead atoms. The monoisotopic (exact) mass is 758 g/mol. The molecule has 0 fully saturated rings. The zero-order valence-corrected chi connectivity index (χ0v) is 32.2. The molecule has 0 saturated carbocycles. The van der Waals surface area contributed by atoms with Crippen molar-refractivity contribution in [3.05, 3.63) is 181 Å². The molecule has 0 aliphatic rings. The maximum absolute atomic E-state index is 6.81. The summed E-state index contributed by atoms with van der Waals surface area (Å²) >= 11 is 3.79. The van der Waals surface area contributed by atoms with E-state index in [1.54, 1.807) is 0 Å². The minimum absolute atomic E-state index is 0.914. The number of benzene rings is 10. The molecule has 0 radical (unpaired) electrons. The highest BCUT2D eigenvalue weighted by Crippen LogP contribution is 2.50. The van der Waals surface area contributed by atoms with E-state index >= 15 is 0 Å². The molecule has 13 aromatic rings. The summed E-state index contributed by atoms with van der Waals surface area (Å²) in [6, 6.07) is 64.7. The van der Waals surface area contributed by atoms with Gasteiger partial charge in [-0.2, -0.15) is 0 Å². The zero-order valence-electron chi connectivity index (χ0n) is 30.5. The van der Waals surface area contributed by atoms with Crippen molar-refractivity contribution >= 4 is 118 Å². The van der Waals surface area contributed by atoms with E-state index < -0.39 is 0 Å². The van der Waals surface area contributed by atoms with Gasteiger partial charge in [0.15, 0.2) is 0 Å². The molecular weight excluding hydrogens is 729 g/mol. The van der Waals surface area contributed by atoms with E-state index in [4.69, 9.17) is 4.42 Å². The highest BCUT2D eigenvalue weighted by molar-refractivity contribution is 7.30. The van der Waals surface area contributed by atoms with Crippen molar-refractivity contribution in [2.45, 2.75) is 0 Å². The van der Waals surface area contributed by atoms with Crippen LogP contribution in [-0.2, 0) is 0 Å². The Morgan fingerprint density at radius 1 is 0.368 bits per heavy atom. The van der Waals surface area contributed by atoms with Gasteiger partial charge in [-0.05, 0) is 89.4 Å². The van der Waals surface area contributed by atoms with Crippen molar-refractivity contribution in [1.29, 1.82) is 0 Å². The third-order valence-electron chi connectivity index (χ3n) is 12.1. The summed E-state index contributed by atoms with van der Waals surface area (Å²) in [5.74, 6) is 0. The number of thiophene rings is 2. The SMILES string of the molecule is c1ccc2cc(-c3csc4c3ccc3c5ccc(-c6c7ccccc7c(-c7cc8ccccc8c8c7oc7ccccc78)c7ccccc67)cc5sc34)ccc2c1. The molecule has 0 spiro atoms. The number of fused-ring (bicyclic) bond motifs is 13. The van der Waals surface area contributed by atoms with Crippen LogP contribution in [0.3, 0.4) is 0 Å². The number of hydrogen-bond acceptors (Lipinski definition) is 3. The summed E-state index contributed by atoms with van der Waals surface area (Å²) in [4.78, 5) is 0. The molecule has 10 aromatic carbocycles. The first-order valence-electron chi connectivity index (χ1n) is 19.4. The molecule has 0 aliphatic carbocycles. The Morgan fingerprint density at radius 3 is 1.77 bits per heavy atom. The summed E-state index contributed by atoms with van der Waals surface area (Å²) in [5, 5.41) is 18.6. The standard InChI is InChI=1S/C54H30OS2/c1-2-12-32-27-34(22-21-31(32)11-1)46-30-56-53-43(46)26-25-42-37-24-23-35(29-48(37)57-54(42)53)49-38-15-5-7-17-40(38)50(41-18-8-6-16-39(41)49)45-28-33-13-3-4-14-36(33)51-44-19-9-10-20-47(44)55-52(45)51/h1-30H. The molecule has 57 heavy (non-hydrogen) atoms. The summed E-state index contributed by atoms with van der Waals surface area (Å²) in [5.41, 5.74) is 9.28. The van der Waals surface area contributed by atoms with Crippen molar-refractivity contribution in [2.24, 2.45) is 0 Å². The minimum atomic E-state index is 0.914. The molecule has 0 unspecified atom stereocenters. The Labute approximate surface area is 335 Å². The third kappa shape index (κ3) is 4.50. The number of para-hydroxylation sites is 1. The quantitative estimate of drug-likeness (QED) is 0.164. The van der Waals surface area contributed by atoms with Gasteiger partial charge < -0.3 is 4.42 Å². The normalized spacial score (nSPS) is 12.2. The lowest BCUT2D eigenvalue weighted by molar-refractivity contribution is 0.670. The van der Waals surface area contributed by atoms with Gasteiger partial charge in [-0.15, -0.1) is 22.7 Å². The van der Waals surface area contributed by atoms with Crippen LogP contribution in [0.4, 0.5) is 0 Å². The average molecular weight is 759 g/mol. The molecule has 3 heterocycles. The second-order valence-corrected chi connectivity index (χ2v) is 17.1. The first-order chi connectivity index (χ1) is 28.3. The van der Waals surface area contributed by atoms with Gasteiger partial charge in [0.1, 0.15) is 11.2 Å². The number of hydrogen-bond donors (Lipinski definition) is 0. The Kier molecular flexibility index (Phi) is 6.54. The summed E-state index contributed by atoms with van der Waals surface area (Å²) in [7, 11) is 0. The minimum Gasteiger partial charge on any atom is -0.455 e. The van der Waals surface area contributed by atoms with Gasteiger partial charge in [0.2, 0.25) is 0 Å². The maximum atomic E-state index is 6.81. The van der Waals surface area contributed by atoms with E-state index in [-0.39, 0.29) is 0 Å². The Balaban J connectivity index is 1.04. The fourth-order valence-corrected chi connectivity index (χ4v) is 12.0. The van der Waals surface area contributed by atoms with E-state index in [2.05, 4.69) is 181 Å². The Bertz CT molecular complexity index is 3760. The largest absolute Gasteiger partial charge is 0.455 e. The van der Waals surface area contributed by atoms with Gasteiger partial charge in [0, 0.05) is 48.3 Å². The van der Waals surface area contributed by atoms with Crippen LogP contribution < -0.4 is 0 Å². The zero-order chi connectivity index (χ0) is 37.2. The Hall–Kier alpha value is -6.78. The first kappa shape index (κ1) is 31.4. The van der Waals surface area contributed by atoms with Crippen molar-refractivity contribution in [2.75, 3.05) is 0 Å². The topological polar surface area (TPSA) is 13.1 Å². The van der Waals surface area contributed by atoms with Crippen LogP contribution in [0.1, 0.15) is 0 Å². The van der Waals surface area contributed by atoms with E-state index in [0.717, 1.165) is 22.1 Å². The molecule has 0 aliphatic heterocycles. The molecule has 0 saturated heterocycles. The lowest BCUT2D eigenvalue weighted by Crippen LogP contribution is -1.91. The first-order valence-corrected chi connectivity index (χ1v) is 21.1. The predicted molar refractivity (Wildman–Crippen MR) is 248 cm³/mol. The van der Waals surface area contributed by atoms with E-state index in [9.17, 15) is 0 Å². The van der Waals surface area contributed by atoms with Crippen molar-refractivity contribution in [1.82, 2.24) is 0 Å². The molecule has 3 heteroatoms. The molecule has 0 atom stereocenters. The van der Waals surface area contributed by atoms with Crippen LogP contribution in [0.25, 0.3) is 129 Å². The van der Waals surface area contributed by atoms with Crippen LogP contribution in [0.15, 0.2) is 186 Å². The third-order valence-corrected chi connectivity index (χ3v) is 14.4. The summed E-state index contributed by atoms with van der Waals surface area (Å²) in [6.45, 7) is 0. The summed E-state index contributed by atoms with van der Waals surface area (Å²) in [6.07, 6.45) is 0. The second-order valence-electron chi connectivity index (χ2n) is 15.1. The maximum Gasteiger partial charge on any atom is 0.143 e. The van der Waals surface area contributed by atoms with Crippen LogP contribution in [-0.4, -0.2) is 0 Å². The van der Waals surface area contributed by atoms with Gasteiger partial charge in [-0.1, -0.05) is 152 Å². The molecule has 0 amide bonds. The fourth-order valence-electron chi connectivity index (χ4n) is 9.55. The van der Waals surface area contributed by atoms with Crippen LogP contribution in [0.5, 0.6) is 0 Å². The molecule has 1 nitrogen and oxygen atoms in total. The molecule has 264 valence electrons. The highest BCUT2D eigenvalue weighted by atomic mass is 32.1. The van der Waals surface area contributed by atoms with Gasteiger partial charge in [-0.3, -0.25) is 0 Å². The van der Waals surface area contributed by atoms with Crippen molar-refractivity contribution < 1.29 is 4.42 Å². The lowest BCUT2D eigenvalue weighted by atomic mass is 9.85. The average Bonchev–Trinajstić information content (AvgIpc) is 3.99. The highest BCUT2D eigenvalue weighted by Gasteiger charge is 2.23. The number of furan rings is 1. The van der Waals surface area contributed by atoms with Gasteiger partial charge in [-0.25, -0.2) is 0 Å². The number of rotatable bonds is 3.